The monoisotopic (exact) mass is 372 g/mol. The van der Waals surface area contributed by atoms with Crippen LogP contribution in [0.15, 0.2) is 71.3 Å². The highest BCUT2D eigenvalue weighted by Gasteiger charge is 2.13. The van der Waals surface area contributed by atoms with Crippen LogP contribution in [0.4, 0.5) is 0 Å². The van der Waals surface area contributed by atoms with Crippen molar-refractivity contribution in [2.24, 2.45) is 0 Å². The van der Waals surface area contributed by atoms with Crippen LogP contribution in [-0.2, 0) is 24.3 Å². The maximum Gasteiger partial charge on any atom is 0.224 e. The van der Waals surface area contributed by atoms with Crippen molar-refractivity contribution in [1.29, 1.82) is 0 Å². The molecule has 0 aliphatic carbocycles. The first-order valence-corrected chi connectivity index (χ1v) is 9.47. The third kappa shape index (κ3) is 3.92. The zero-order chi connectivity index (χ0) is 19.5. The molecule has 0 aliphatic rings. The molecule has 0 saturated heterocycles. The molecule has 0 atom stereocenters. The number of benzene rings is 3. The van der Waals surface area contributed by atoms with Crippen molar-refractivity contribution in [3.8, 4) is 0 Å². The molecule has 0 aliphatic heterocycles. The van der Waals surface area contributed by atoms with Gasteiger partial charge in [-0.25, -0.2) is 0 Å². The van der Waals surface area contributed by atoms with Gasteiger partial charge in [0.25, 0.3) is 0 Å². The van der Waals surface area contributed by atoms with Crippen molar-refractivity contribution in [2.45, 2.75) is 19.5 Å². The molecule has 1 heterocycles. The minimum absolute atomic E-state index is 0.00648. The van der Waals surface area contributed by atoms with Crippen LogP contribution in [-0.4, -0.2) is 24.9 Å². The highest BCUT2D eigenvalue weighted by molar-refractivity contribution is 6.08. The van der Waals surface area contributed by atoms with E-state index in [0.717, 1.165) is 39.4 Å². The topological polar surface area (TPSA) is 45.5 Å². The lowest BCUT2D eigenvalue weighted by Gasteiger charge is -2.10. The Balaban J connectivity index is 1.45. The fourth-order valence-corrected chi connectivity index (χ4v) is 3.57. The molecule has 0 bridgehead atoms. The minimum Gasteiger partial charge on any atom is -0.464 e. The number of carbonyl (C=O) groups excluding carboxylic acids is 1. The summed E-state index contributed by atoms with van der Waals surface area (Å²) >= 11 is 0. The van der Waals surface area contributed by atoms with Crippen molar-refractivity contribution in [3.63, 3.8) is 0 Å². The summed E-state index contributed by atoms with van der Waals surface area (Å²) in [5.74, 6) is -0.00648. The van der Waals surface area contributed by atoms with Crippen molar-refractivity contribution in [3.05, 3.63) is 83.6 Å². The molecule has 1 aromatic heterocycles. The number of amides is 1. The van der Waals surface area contributed by atoms with E-state index in [2.05, 4.69) is 60.7 Å². The molecular weight excluding hydrogens is 348 g/mol. The van der Waals surface area contributed by atoms with Crippen LogP contribution < -0.4 is 5.32 Å². The fourth-order valence-electron chi connectivity index (χ4n) is 3.57. The second kappa shape index (κ2) is 7.87. The Morgan fingerprint density at radius 2 is 1.71 bits per heavy atom. The number of rotatable bonds is 6. The Morgan fingerprint density at radius 1 is 0.964 bits per heavy atom. The average molecular weight is 372 g/mol. The lowest BCUT2D eigenvalue weighted by molar-refractivity contribution is -0.120. The van der Waals surface area contributed by atoms with E-state index in [-0.39, 0.29) is 5.91 Å². The van der Waals surface area contributed by atoms with Gasteiger partial charge in [-0.05, 0) is 42.1 Å². The Hall–Kier alpha value is -3.11. The van der Waals surface area contributed by atoms with Crippen molar-refractivity contribution in [2.75, 3.05) is 14.1 Å². The third-order valence-corrected chi connectivity index (χ3v) is 4.90. The number of nitrogens with zero attached hydrogens (tertiary/aromatic N) is 1. The maximum atomic E-state index is 12.5. The van der Waals surface area contributed by atoms with Gasteiger partial charge in [0, 0.05) is 24.0 Å². The molecule has 3 aromatic carbocycles. The van der Waals surface area contributed by atoms with Crippen LogP contribution in [0.5, 0.6) is 0 Å². The second-order valence-electron chi connectivity index (χ2n) is 7.43. The largest absolute Gasteiger partial charge is 0.464 e. The van der Waals surface area contributed by atoms with E-state index in [1.165, 1.54) is 5.56 Å². The SMILES string of the molecule is CN(C)Cc1ccc(CNC(=O)Cc2coc3ccc4ccccc4c23)cc1. The first kappa shape index (κ1) is 18.3. The van der Waals surface area contributed by atoms with E-state index >= 15 is 0 Å². The van der Waals surface area contributed by atoms with Gasteiger partial charge in [-0.3, -0.25) is 4.79 Å². The van der Waals surface area contributed by atoms with Crippen LogP contribution in [0.1, 0.15) is 16.7 Å². The number of furan rings is 1. The van der Waals surface area contributed by atoms with Crippen LogP contribution in [0.3, 0.4) is 0 Å². The number of hydrogen-bond acceptors (Lipinski definition) is 3. The summed E-state index contributed by atoms with van der Waals surface area (Å²) in [4.78, 5) is 14.7. The molecule has 4 aromatic rings. The standard InChI is InChI=1S/C24H24N2O2/c1-26(2)15-18-9-7-17(8-10-18)14-25-23(27)13-20-16-28-22-12-11-19-5-3-4-6-21(19)24(20)22/h3-12,16H,13-15H2,1-2H3,(H,25,27). The molecule has 0 fully saturated rings. The number of carbonyl (C=O) groups is 1. The first-order chi connectivity index (χ1) is 13.6. The van der Waals surface area contributed by atoms with E-state index in [9.17, 15) is 4.79 Å². The molecule has 0 unspecified atom stereocenters. The Morgan fingerprint density at radius 3 is 2.50 bits per heavy atom. The van der Waals surface area contributed by atoms with Gasteiger partial charge < -0.3 is 14.6 Å². The van der Waals surface area contributed by atoms with E-state index in [4.69, 9.17) is 4.42 Å². The van der Waals surface area contributed by atoms with Crippen LogP contribution >= 0.6 is 0 Å². The molecule has 4 nitrogen and oxygen atoms in total. The molecular formula is C24H24N2O2. The predicted octanol–water partition coefficient (Wildman–Crippen LogP) is 4.51. The van der Waals surface area contributed by atoms with Gasteiger partial charge in [-0.15, -0.1) is 0 Å². The molecule has 1 amide bonds. The molecule has 4 heteroatoms. The van der Waals surface area contributed by atoms with Gasteiger partial charge in [0.2, 0.25) is 5.91 Å². The summed E-state index contributed by atoms with van der Waals surface area (Å²) in [6.07, 6.45) is 2.01. The van der Waals surface area contributed by atoms with Crippen molar-refractivity contribution >= 4 is 27.6 Å². The highest BCUT2D eigenvalue weighted by Crippen LogP contribution is 2.30. The number of hydrogen-bond donors (Lipinski definition) is 1. The quantitative estimate of drug-likeness (QED) is 0.542. The smallest absolute Gasteiger partial charge is 0.224 e. The van der Waals surface area contributed by atoms with E-state index in [1.54, 1.807) is 6.26 Å². The van der Waals surface area contributed by atoms with Crippen LogP contribution in [0.2, 0.25) is 0 Å². The van der Waals surface area contributed by atoms with Crippen LogP contribution in [0.25, 0.3) is 21.7 Å². The Labute approximate surface area is 164 Å². The predicted molar refractivity (Wildman–Crippen MR) is 113 cm³/mol. The van der Waals surface area contributed by atoms with Crippen molar-refractivity contribution < 1.29 is 9.21 Å². The second-order valence-corrected chi connectivity index (χ2v) is 7.43. The first-order valence-electron chi connectivity index (χ1n) is 9.47. The van der Waals surface area contributed by atoms with E-state index in [1.807, 2.05) is 24.3 Å². The van der Waals surface area contributed by atoms with E-state index in [0.29, 0.717) is 13.0 Å². The lowest BCUT2D eigenvalue weighted by Crippen LogP contribution is -2.24. The summed E-state index contributed by atoms with van der Waals surface area (Å²) in [5, 5.41) is 6.32. The molecule has 1 N–H and O–H groups in total. The van der Waals surface area contributed by atoms with Gasteiger partial charge in [-0.1, -0.05) is 54.6 Å². The van der Waals surface area contributed by atoms with Gasteiger partial charge in [0.05, 0.1) is 12.7 Å². The molecule has 0 spiro atoms. The molecule has 0 radical (unpaired) electrons. The Kier molecular flexibility index (Phi) is 5.13. The summed E-state index contributed by atoms with van der Waals surface area (Å²) in [6, 6.07) is 20.5. The summed E-state index contributed by atoms with van der Waals surface area (Å²) in [6.45, 7) is 1.44. The summed E-state index contributed by atoms with van der Waals surface area (Å²) in [5.41, 5.74) is 4.10. The average Bonchev–Trinajstić information content (AvgIpc) is 3.10. The molecule has 142 valence electrons. The van der Waals surface area contributed by atoms with Gasteiger partial charge in [0.15, 0.2) is 0 Å². The molecule has 28 heavy (non-hydrogen) atoms. The van der Waals surface area contributed by atoms with Gasteiger partial charge in [-0.2, -0.15) is 0 Å². The summed E-state index contributed by atoms with van der Waals surface area (Å²) in [7, 11) is 4.10. The number of fused-ring (bicyclic) bond motifs is 3. The van der Waals surface area contributed by atoms with Gasteiger partial charge >= 0.3 is 0 Å². The molecule has 4 rings (SSSR count). The maximum absolute atomic E-state index is 12.5. The Bertz CT molecular complexity index is 1110. The lowest BCUT2D eigenvalue weighted by atomic mass is 10.0. The zero-order valence-corrected chi connectivity index (χ0v) is 16.2. The van der Waals surface area contributed by atoms with Crippen LogP contribution in [0, 0.1) is 0 Å². The van der Waals surface area contributed by atoms with E-state index < -0.39 is 0 Å². The third-order valence-electron chi connectivity index (χ3n) is 4.90. The highest BCUT2D eigenvalue weighted by atomic mass is 16.3. The normalized spacial score (nSPS) is 11.4. The fraction of sp³-hybridized carbons (Fsp3) is 0.208. The zero-order valence-electron chi connectivity index (χ0n) is 16.2. The minimum atomic E-state index is -0.00648. The van der Waals surface area contributed by atoms with Gasteiger partial charge in [0.1, 0.15) is 5.58 Å². The number of nitrogens with one attached hydrogen (secondary N) is 1. The summed E-state index contributed by atoms with van der Waals surface area (Å²) < 4.78 is 5.68. The molecule has 0 saturated carbocycles. The van der Waals surface area contributed by atoms with Crippen molar-refractivity contribution in [1.82, 2.24) is 10.2 Å².